The molecule has 3 heteroatoms. The summed E-state index contributed by atoms with van der Waals surface area (Å²) in [6.07, 6.45) is 16.0. The first-order valence-corrected chi connectivity index (χ1v) is 18.1. The molecule has 0 fully saturated rings. The minimum Gasteiger partial charge on any atom is -0.456 e. The van der Waals surface area contributed by atoms with Gasteiger partial charge in [0.25, 0.3) is 0 Å². The Balaban J connectivity index is 1.12. The van der Waals surface area contributed by atoms with Crippen molar-refractivity contribution < 1.29 is 4.42 Å². The summed E-state index contributed by atoms with van der Waals surface area (Å²) in [5, 5.41) is 7.07. The van der Waals surface area contributed by atoms with Crippen LogP contribution in [0.3, 0.4) is 0 Å². The van der Waals surface area contributed by atoms with E-state index in [2.05, 4.69) is 183 Å². The SMILES string of the molecule is CC1=CCC(N(c2ccc3cc4c(cc3c2)oc2cc3cc(N(c5ccc(C)cc5)c5ccc(C)cc5)ccc3cc24)C2C=CC(C)=CC2)C=C1. The number of aryl methyl sites for hydroxylation is 2. The van der Waals surface area contributed by atoms with Crippen LogP contribution < -0.4 is 9.80 Å². The van der Waals surface area contributed by atoms with E-state index in [1.165, 1.54) is 44.1 Å². The molecule has 2 unspecified atom stereocenters. The Kier molecular flexibility index (Phi) is 7.65. The quantitative estimate of drug-likeness (QED) is 0.177. The first-order valence-electron chi connectivity index (χ1n) is 18.1. The van der Waals surface area contributed by atoms with Gasteiger partial charge in [-0.05, 0) is 135 Å². The van der Waals surface area contributed by atoms with Gasteiger partial charge in [0.15, 0.2) is 0 Å². The Labute approximate surface area is 300 Å². The molecule has 3 nitrogen and oxygen atoms in total. The van der Waals surface area contributed by atoms with Gasteiger partial charge in [-0.1, -0.05) is 95.1 Å². The predicted octanol–water partition coefficient (Wildman–Crippen LogP) is 13.3. The van der Waals surface area contributed by atoms with E-state index in [0.717, 1.165) is 57.2 Å². The largest absolute Gasteiger partial charge is 0.456 e. The van der Waals surface area contributed by atoms with Gasteiger partial charge in [-0.25, -0.2) is 0 Å². The summed E-state index contributed by atoms with van der Waals surface area (Å²) >= 11 is 0. The summed E-state index contributed by atoms with van der Waals surface area (Å²) in [7, 11) is 0. The van der Waals surface area contributed by atoms with Crippen LogP contribution in [0, 0.1) is 13.8 Å². The standard InChI is InChI=1S/C48H42N2O/c1-31-5-15-39(16-6-31)49(40-17-7-32(2)8-18-40)43-23-13-35-27-45-46-28-36-14-24-44(26-38(36)30-48(46)51-47(45)29-37(35)25-43)50(41-19-9-33(3)10-20-41)42-21-11-34(4)12-22-42/h5-19,21,23-30,41-42H,20,22H2,1-4H3. The number of nitrogens with zero attached hydrogens (tertiary/aromatic N) is 2. The molecule has 0 radical (unpaired) electrons. The predicted molar refractivity (Wildman–Crippen MR) is 218 cm³/mol. The highest BCUT2D eigenvalue weighted by Crippen LogP contribution is 2.40. The average Bonchev–Trinajstić information content (AvgIpc) is 3.48. The van der Waals surface area contributed by atoms with Crippen LogP contribution in [0.25, 0.3) is 43.5 Å². The lowest BCUT2D eigenvalue weighted by Gasteiger charge is -2.39. The minimum atomic E-state index is 0.313. The topological polar surface area (TPSA) is 19.6 Å². The number of benzene rings is 6. The lowest BCUT2D eigenvalue weighted by Crippen LogP contribution is -2.42. The third-order valence-electron chi connectivity index (χ3n) is 10.7. The lowest BCUT2D eigenvalue weighted by molar-refractivity contribution is 0.613. The van der Waals surface area contributed by atoms with Crippen LogP contribution in [-0.2, 0) is 0 Å². The molecule has 6 aromatic carbocycles. The molecule has 7 aromatic rings. The van der Waals surface area contributed by atoms with E-state index in [1.54, 1.807) is 0 Å². The summed E-state index contributed by atoms with van der Waals surface area (Å²) in [4.78, 5) is 4.93. The van der Waals surface area contributed by atoms with Crippen molar-refractivity contribution in [1.29, 1.82) is 0 Å². The van der Waals surface area contributed by atoms with Crippen molar-refractivity contribution in [2.75, 3.05) is 9.80 Å². The van der Waals surface area contributed by atoms with Gasteiger partial charge in [0.05, 0.1) is 12.1 Å². The molecular weight excluding hydrogens is 621 g/mol. The van der Waals surface area contributed by atoms with Crippen LogP contribution in [0.5, 0.6) is 0 Å². The highest BCUT2D eigenvalue weighted by molar-refractivity contribution is 6.14. The highest BCUT2D eigenvalue weighted by Gasteiger charge is 2.25. The summed E-state index contributed by atoms with van der Waals surface area (Å²) in [5.41, 5.74) is 11.6. The summed E-state index contributed by atoms with van der Waals surface area (Å²) in [6, 6.07) is 40.9. The van der Waals surface area contributed by atoms with Crippen LogP contribution in [0.2, 0.25) is 0 Å². The summed E-state index contributed by atoms with van der Waals surface area (Å²) in [6.45, 7) is 8.64. The second-order valence-corrected chi connectivity index (χ2v) is 14.5. The lowest BCUT2D eigenvalue weighted by atomic mass is 9.95. The molecule has 9 rings (SSSR count). The van der Waals surface area contributed by atoms with Gasteiger partial charge < -0.3 is 14.2 Å². The van der Waals surface area contributed by atoms with Gasteiger partial charge in [0.1, 0.15) is 11.2 Å². The van der Waals surface area contributed by atoms with Gasteiger partial charge in [0.2, 0.25) is 0 Å². The van der Waals surface area contributed by atoms with Crippen LogP contribution >= 0.6 is 0 Å². The van der Waals surface area contributed by atoms with Crippen molar-refractivity contribution in [3.05, 3.63) is 168 Å². The fourth-order valence-corrected chi connectivity index (χ4v) is 7.84. The van der Waals surface area contributed by atoms with E-state index >= 15 is 0 Å². The normalized spacial score (nSPS) is 17.3. The number of anilines is 4. The molecule has 2 aliphatic rings. The number of furan rings is 1. The maximum absolute atomic E-state index is 6.66. The Morgan fingerprint density at radius 3 is 1.39 bits per heavy atom. The van der Waals surface area contributed by atoms with Crippen LogP contribution in [0.15, 0.2) is 161 Å². The van der Waals surface area contributed by atoms with Gasteiger partial charge in [-0.2, -0.15) is 0 Å². The second kappa shape index (κ2) is 12.5. The zero-order valence-electron chi connectivity index (χ0n) is 29.7. The number of hydrogen-bond acceptors (Lipinski definition) is 3. The molecule has 250 valence electrons. The van der Waals surface area contributed by atoms with Gasteiger partial charge in [0, 0.05) is 33.5 Å². The molecule has 51 heavy (non-hydrogen) atoms. The number of allylic oxidation sites excluding steroid dienone is 4. The average molecular weight is 663 g/mol. The number of rotatable bonds is 6. The molecule has 0 N–H and O–H groups in total. The highest BCUT2D eigenvalue weighted by atomic mass is 16.3. The van der Waals surface area contributed by atoms with Crippen molar-refractivity contribution in [2.45, 2.75) is 52.6 Å². The van der Waals surface area contributed by atoms with Crippen molar-refractivity contribution in [3.8, 4) is 0 Å². The van der Waals surface area contributed by atoms with Crippen LogP contribution in [0.1, 0.15) is 37.8 Å². The van der Waals surface area contributed by atoms with Gasteiger partial charge >= 0.3 is 0 Å². The molecular formula is C48H42N2O. The van der Waals surface area contributed by atoms with E-state index in [1.807, 2.05) is 0 Å². The molecule has 0 aliphatic heterocycles. The van der Waals surface area contributed by atoms with Gasteiger partial charge in [-0.15, -0.1) is 0 Å². The Morgan fingerprint density at radius 2 is 0.922 bits per heavy atom. The summed E-state index contributed by atoms with van der Waals surface area (Å²) < 4.78 is 6.66. The first-order chi connectivity index (χ1) is 24.9. The molecule has 1 aromatic heterocycles. The minimum absolute atomic E-state index is 0.313. The third-order valence-corrected chi connectivity index (χ3v) is 10.7. The zero-order valence-corrected chi connectivity index (χ0v) is 29.7. The zero-order chi connectivity index (χ0) is 34.6. The fraction of sp³-hybridized carbons (Fsp3) is 0.167. The smallest absolute Gasteiger partial charge is 0.136 e. The van der Waals surface area contributed by atoms with E-state index in [0.29, 0.717) is 12.1 Å². The maximum Gasteiger partial charge on any atom is 0.136 e. The molecule has 1 heterocycles. The van der Waals surface area contributed by atoms with Crippen molar-refractivity contribution in [1.82, 2.24) is 0 Å². The monoisotopic (exact) mass is 662 g/mol. The Morgan fingerprint density at radius 1 is 0.471 bits per heavy atom. The molecule has 0 saturated heterocycles. The maximum atomic E-state index is 6.66. The first kappa shape index (κ1) is 31.2. The van der Waals surface area contributed by atoms with E-state index in [9.17, 15) is 0 Å². The van der Waals surface area contributed by atoms with Crippen molar-refractivity contribution in [2.24, 2.45) is 0 Å². The third kappa shape index (κ3) is 5.83. The second-order valence-electron chi connectivity index (χ2n) is 14.5. The summed E-state index contributed by atoms with van der Waals surface area (Å²) in [5.74, 6) is 0. The number of fused-ring (bicyclic) bond motifs is 5. The van der Waals surface area contributed by atoms with E-state index in [-0.39, 0.29) is 0 Å². The Hall–Kier alpha value is -5.80. The molecule has 0 bridgehead atoms. The van der Waals surface area contributed by atoms with Crippen molar-refractivity contribution in [3.63, 3.8) is 0 Å². The van der Waals surface area contributed by atoms with Crippen LogP contribution in [0.4, 0.5) is 22.7 Å². The molecule has 2 aliphatic carbocycles. The van der Waals surface area contributed by atoms with Gasteiger partial charge in [-0.3, -0.25) is 0 Å². The molecule has 0 spiro atoms. The van der Waals surface area contributed by atoms with E-state index < -0.39 is 0 Å². The van der Waals surface area contributed by atoms with Crippen molar-refractivity contribution >= 4 is 66.2 Å². The van der Waals surface area contributed by atoms with Crippen LogP contribution in [-0.4, -0.2) is 12.1 Å². The van der Waals surface area contributed by atoms with E-state index in [4.69, 9.17) is 4.42 Å². The molecule has 0 amide bonds. The Bertz CT molecular complexity index is 2500. The molecule has 0 saturated carbocycles. The molecule has 2 atom stereocenters. The number of hydrogen-bond donors (Lipinski definition) is 0. The fourth-order valence-electron chi connectivity index (χ4n) is 7.84.